The summed E-state index contributed by atoms with van der Waals surface area (Å²) in [5.74, 6) is 0.789. The van der Waals surface area contributed by atoms with Gasteiger partial charge in [0.05, 0.1) is 0 Å². The van der Waals surface area contributed by atoms with E-state index in [1.54, 1.807) is 0 Å². The number of hydrogen-bond donors (Lipinski definition) is 0. The molecule has 362 valence electrons. The molecule has 0 aromatic rings. The zero-order valence-electron chi connectivity index (χ0n) is 41.8. The van der Waals surface area contributed by atoms with Gasteiger partial charge in [0, 0.05) is 19.3 Å². The van der Waals surface area contributed by atoms with Crippen molar-refractivity contribution in [2.75, 3.05) is 13.2 Å². The number of carbonyl (C=O) groups excluding carboxylic acids is 3. The van der Waals surface area contributed by atoms with Crippen molar-refractivity contribution in [2.45, 2.75) is 310 Å². The summed E-state index contributed by atoms with van der Waals surface area (Å²) in [5.41, 5.74) is 0. The van der Waals surface area contributed by atoms with Gasteiger partial charge in [0.1, 0.15) is 13.2 Å². The van der Waals surface area contributed by atoms with Crippen molar-refractivity contribution < 1.29 is 28.6 Å². The second-order valence-electron chi connectivity index (χ2n) is 19.8. The Balaban J connectivity index is 4.29. The number of ether oxygens (including phenoxy) is 3. The Bertz CT molecular complexity index is 931. The van der Waals surface area contributed by atoms with E-state index in [1.807, 2.05) is 0 Å². The summed E-state index contributed by atoms with van der Waals surface area (Å²) < 4.78 is 16.8. The van der Waals surface area contributed by atoms with E-state index < -0.39 is 6.10 Å². The second-order valence-corrected chi connectivity index (χ2v) is 19.8. The molecular weight excluding hydrogens is 757 g/mol. The molecule has 0 aliphatic rings. The van der Waals surface area contributed by atoms with Crippen LogP contribution in [0.5, 0.6) is 0 Å². The molecule has 6 nitrogen and oxygen atoms in total. The molecule has 0 aliphatic carbocycles. The lowest BCUT2D eigenvalue weighted by molar-refractivity contribution is -0.167. The van der Waals surface area contributed by atoms with E-state index in [0.29, 0.717) is 19.3 Å². The maximum absolute atomic E-state index is 12.8. The van der Waals surface area contributed by atoms with Gasteiger partial charge < -0.3 is 14.2 Å². The van der Waals surface area contributed by atoms with Crippen LogP contribution >= 0.6 is 0 Å². The van der Waals surface area contributed by atoms with Crippen LogP contribution in [0.25, 0.3) is 0 Å². The van der Waals surface area contributed by atoms with E-state index in [0.717, 1.165) is 69.6 Å². The monoisotopic (exact) mass is 863 g/mol. The van der Waals surface area contributed by atoms with E-state index in [-0.39, 0.29) is 31.1 Å². The zero-order chi connectivity index (χ0) is 44.7. The average Bonchev–Trinajstić information content (AvgIpc) is 3.23. The Morgan fingerprint density at radius 1 is 0.311 bits per heavy atom. The fourth-order valence-electron chi connectivity index (χ4n) is 8.34. The third-order valence-electron chi connectivity index (χ3n) is 12.5. The molecule has 61 heavy (non-hydrogen) atoms. The highest BCUT2D eigenvalue weighted by Crippen LogP contribution is 2.18. The van der Waals surface area contributed by atoms with E-state index in [9.17, 15) is 14.4 Å². The standard InChI is InChI=1S/C55H106O6/c1-6-7-8-9-10-11-12-13-14-15-16-17-18-25-30-35-40-45-53(56)59-48-52(61-55(58)47-42-37-32-27-22-20-24-29-34-39-44-51(4)5)49-60-54(57)46-41-36-31-26-21-19-23-28-33-38-43-50(2)3/h50-52H,6-49H2,1-5H3/t52-/m1/s1. The molecule has 0 heterocycles. The van der Waals surface area contributed by atoms with Gasteiger partial charge in [-0.15, -0.1) is 0 Å². The van der Waals surface area contributed by atoms with Crippen LogP contribution in [0, 0.1) is 11.8 Å². The topological polar surface area (TPSA) is 78.9 Å². The largest absolute Gasteiger partial charge is 0.462 e. The summed E-state index contributed by atoms with van der Waals surface area (Å²) in [7, 11) is 0. The van der Waals surface area contributed by atoms with Gasteiger partial charge in [0.15, 0.2) is 6.10 Å². The minimum absolute atomic E-state index is 0.0635. The van der Waals surface area contributed by atoms with Gasteiger partial charge in [0.2, 0.25) is 0 Å². The molecule has 0 spiro atoms. The van der Waals surface area contributed by atoms with Crippen molar-refractivity contribution in [3.63, 3.8) is 0 Å². The summed E-state index contributed by atoms with van der Waals surface area (Å²) in [4.78, 5) is 38.0. The van der Waals surface area contributed by atoms with Gasteiger partial charge in [0.25, 0.3) is 0 Å². The zero-order valence-corrected chi connectivity index (χ0v) is 41.8. The molecule has 0 N–H and O–H groups in total. The minimum atomic E-state index is -0.762. The quantitative estimate of drug-likeness (QED) is 0.0344. The Morgan fingerprint density at radius 2 is 0.541 bits per heavy atom. The van der Waals surface area contributed by atoms with Gasteiger partial charge in [-0.05, 0) is 31.1 Å². The van der Waals surface area contributed by atoms with Crippen molar-refractivity contribution in [2.24, 2.45) is 11.8 Å². The van der Waals surface area contributed by atoms with Crippen molar-refractivity contribution in [3.8, 4) is 0 Å². The number of unbranched alkanes of at least 4 members (excludes halogenated alkanes) is 34. The molecular formula is C55H106O6. The minimum Gasteiger partial charge on any atom is -0.462 e. The molecule has 0 aromatic carbocycles. The Morgan fingerprint density at radius 3 is 0.803 bits per heavy atom. The maximum Gasteiger partial charge on any atom is 0.306 e. The van der Waals surface area contributed by atoms with Gasteiger partial charge >= 0.3 is 17.9 Å². The lowest BCUT2D eigenvalue weighted by Gasteiger charge is -2.18. The molecule has 0 fully saturated rings. The molecule has 0 unspecified atom stereocenters. The van der Waals surface area contributed by atoms with Gasteiger partial charge in [-0.25, -0.2) is 0 Å². The van der Waals surface area contributed by atoms with Crippen LogP contribution in [0.4, 0.5) is 0 Å². The Hall–Kier alpha value is -1.59. The molecule has 1 atom stereocenters. The molecule has 6 heteroatoms. The predicted octanol–water partition coefficient (Wildman–Crippen LogP) is 17.7. The lowest BCUT2D eigenvalue weighted by Crippen LogP contribution is -2.30. The van der Waals surface area contributed by atoms with Crippen LogP contribution < -0.4 is 0 Å². The molecule has 0 amide bonds. The Kier molecular flexibility index (Phi) is 46.6. The molecule has 0 radical (unpaired) electrons. The predicted molar refractivity (Wildman–Crippen MR) is 261 cm³/mol. The third kappa shape index (κ3) is 49.3. The van der Waals surface area contributed by atoms with E-state index in [4.69, 9.17) is 14.2 Å². The van der Waals surface area contributed by atoms with Crippen LogP contribution in [-0.2, 0) is 28.6 Å². The van der Waals surface area contributed by atoms with Crippen molar-refractivity contribution >= 4 is 17.9 Å². The highest BCUT2D eigenvalue weighted by atomic mass is 16.6. The number of hydrogen-bond acceptors (Lipinski definition) is 6. The molecule has 0 aliphatic heterocycles. The fraction of sp³-hybridized carbons (Fsp3) is 0.945. The van der Waals surface area contributed by atoms with Gasteiger partial charge in [-0.3, -0.25) is 14.4 Å². The first-order valence-electron chi connectivity index (χ1n) is 27.2. The number of rotatable bonds is 49. The smallest absolute Gasteiger partial charge is 0.306 e. The third-order valence-corrected chi connectivity index (χ3v) is 12.5. The SMILES string of the molecule is CCCCCCCCCCCCCCCCCCCC(=O)OC[C@H](COC(=O)CCCCCCCCCCCCC(C)C)OC(=O)CCCCCCCCCCCCC(C)C. The van der Waals surface area contributed by atoms with Crippen molar-refractivity contribution in [3.05, 3.63) is 0 Å². The lowest BCUT2D eigenvalue weighted by atomic mass is 10.0. The summed E-state index contributed by atoms with van der Waals surface area (Å²) in [6.07, 6.45) is 49.5. The van der Waals surface area contributed by atoms with Gasteiger partial charge in [-0.2, -0.15) is 0 Å². The van der Waals surface area contributed by atoms with Crippen LogP contribution in [0.3, 0.4) is 0 Å². The van der Waals surface area contributed by atoms with Crippen molar-refractivity contribution in [1.82, 2.24) is 0 Å². The highest BCUT2D eigenvalue weighted by molar-refractivity contribution is 5.71. The first kappa shape index (κ1) is 59.4. The van der Waals surface area contributed by atoms with Crippen LogP contribution in [0.15, 0.2) is 0 Å². The Labute approximate surface area is 380 Å². The molecule has 0 aromatic heterocycles. The van der Waals surface area contributed by atoms with E-state index in [1.165, 1.54) is 193 Å². The molecule has 0 rings (SSSR count). The van der Waals surface area contributed by atoms with Crippen LogP contribution in [0.1, 0.15) is 304 Å². The first-order valence-corrected chi connectivity index (χ1v) is 27.2. The molecule has 0 bridgehead atoms. The fourth-order valence-corrected chi connectivity index (χ4v) is 8.34. The van der Waals surface area contributed by atoms with E-state index >= 15 is 0 Å². The summed E-state index contributed by atoms with van der Waals surface area (Å²) >= 11 is 0. The molecule has 0 saturated heterocycles. The summed E-state index contributed by atoms with van der Waals surface area (Å²) in [6.45, 7) is 11.4. The maximum atomic E-state index is 12.8. The van der Waals surface area contributed by atoms with Crippen molar-refractivity contribution in [1.29, 1.82) is 0 Å². The number of carbonyl (C=O) groups is 3. The summed E-state index contributed by atoms with van der Waals surface area (Å²) in [5, 5.41) is 0. The van der Waals surface area contributed by atoms with Crippen LogP contribution in [-0.4, -0.2) is 37.2 Å². The normalized spacial score (nSPS) is 12.0. The van der Waals surface area contributed by atoms with Gasteiger partial charge in [-0.1, -0.05) is 266 Å². The van der Waals surface area contributed by atoms with Crippen LogP contribution in [0.2, 0.25) is 0 Å². The first-order chi connectivity index (χ1) is 29.7. The second kappa shape index (κ2) is 47.9. The highest BCUT2D eigenvalue weighted by Gasteiger charge is 2.19. The molecule has 0 saturated carbocycles. The average molecular weight is 863 g/mol. The summed E-state index contributed by atoms with van der Waals surface area (Å²) in [6, 6.07) is 0. The van der Waals surface area contributed by atoms with E-state index in [2.05, 4.69) is 34.6 Å². The number of esters is 3.